The molecule has 6 nitrogen and oxygen atoms in total. The van der Waals surface area contributed by atoms with Crippen LogP contribution in [0.25, 0.3) is 11.0 Å². The molecule has 0 aliphatic carbocycles. The van der Waals surface area contributed by atoms with Crippen molar-refractivity contribution in [1.82, 2.24) is 30.6 Å². The summed E-state index contributed by atoms with van der Waals surface area (Å²) < 4.78 is 0. The van der Waals surface area contributed by atoms with E-state index < -0.39 is 0 Å². The van der Waals surface area contributed by atoms with Gasteiger partial charge < -0.3 is 10.1 Å². The van der Waals surface area contributed by atoms with Crippen molar-refractivity contribution in [3.63, 3.8) is 0 Å². The molecular weight excluding hydrogens is 192 g/mol. The third-order valence-electron chi connectivity index (χ3n) is 2.12. The van der Waals surface area contributed by atoms with Gasteiger partial charge in [0.2, 0.25) is 0 Å². The third kappa shape index (κ3) is 1.45. The smallest absolute Gasteiger partial charge is 0.112 e. The van der Waals surface area contributed by atoms with Gasteiger partial charge in [-0.2, -0.15) is 5.21 Å². The maximum Gasteiger partial charge on any atom is 0.112 e. The molecule has 0 amide bonds. The first kappa shape index (κ1) is 8.10. The minimum atomic E-state index is 0.529. The second-order valence-electron chi connectivity index (χ2n) is 3.17. The Balaban J connectivity index is 1.98. The molecular formula is C9H7N6-. The van der Waals surface area contributed by atoms with Crippen LogP contribution in [-0.4, -0.2) is 25.5 Å². The number of tetrazole rings is 1. The molecule has 0 aliphatic heterocycles. The van der Waals surface area contributed by atoms with Gasteiger partial charge >= 0.3 is 0 Å². The summed E-state index contributed by atoms with van der Waals surface area (Å²) in [6, 6.07) is 7.85. The maximum absolute atomic E-state index is 4.40. The molecule has 0 radical (unpaired) electrons. The number of nitrogens with one attached hydrogen (secondary N) is 1. The first-order valence-electron chi connectivity index (χ1n) is 4.53. The summed E-state index contributed by atoms with van der Waals surface area (Å²) in [6.45, 7) is 0. The number of H-pyrrole nitrogens is 1. The molecule has 0 bridgehead atoms. The SMILES string of the molecule is c1ccc2[nH]c(Cc3nnn[n-]3)nc2c1. The molecule has 0 saturated heterocycles. The van der Waals surface area contributed by atoms with Crippen LogP contribution in [0.2, 0.25) is 0 Å². The number of rotatable bonds is 2. The lowest BCUT2D eigenvalue weighted by Crippen LogP contribution is -1.94. The molecule has 0 saturated carbocycles. The van der Waals surface area contributed by atoms with Gasteiger partial charge in [-0.05, 0) is 12.1 Å². The topological polar surface area (TPSA) is 81.5 Å². The van der Waals surface area contributed by atoms with E-state index in [9.17, 15) is 0 Å². The predicted molar refractivity (Wildman–Crippen MR) is 52.0 cm³/mol. The average molecular weight is 199 g/mol. The molecule has 0 aliphatic rings. The number of aromatic amines is 1. The highest BCUT2D eigenvalue weighted by atomic mass is 15.5. The van der Waals surface area contributed by atoms with Crippen molar-refractivity contribution in [2.45, 2.75) is 6.42 Å². The summed E-state index contributed by atoms with van der Waals surface area (Å²) in [5.41, 5.74) is 1.96. The van der Waals surface area contributed by atoms with E-state index in [1.54, 1.807) is 0 Å². The van der Waals surface area contributed by atoms with Crippen LogP contribution in [0.4, 0.5) is 0 Å². The minimum absolute atomic E-state index is 0.529. The van der Waals surface area contributed by atoms with Gasteiger partial charge in [0.05, 0.1) is 11.0 Å². The molecule has 74 valence electrons. The molecule has 15 heavy (non-hydrogen) atoms. The van der Waals surface area contributed by atoms with Crippen molar-refractivity contribution < 1.29 is 0 Å². The highest BCUT2D eigenvalue weighted by molar-refractivity contribution is 5.74. The van der Waals surface area contributed by atoms with E-state index in [2.05, 4.69) is 30.6 Å². The van der Waals surface area contributed by atoms with Gasteiger partial charge in [0.1, 0.15) is 5.82 Å². The predicted octanol–water partition coefficient (Wildman–Crippen LogP) is 0.296. The quantitative estimate of drug-likeness (QED) is 0.641. The second kappa shape index (κ2) is 3.16. The third-order valence-corrected chi connectivity index (χ3v) is 2.12. The van der Waals surface area contributed by atoms with Crippen molar-refractivity contribution in [2.75, 3.05) is 0 Å². The lowest BCUT2D eigenvalue weighted by Gasteiger charge is -1.93. The highest BCUT2D eigenvalue weighted by Crippen LogP contribution is 2.11. The number of imidazole rings is 1. The van der Waals surface area contributed by atoms with E-state index in [0.29, 0.717) is 12.2 Å². The van der Waals surface area contributed by atoms with Gasteiger partial charge in [0.15, 0.2) is 0 Å². The van der Waals surface area contributed by atoms with Gasteiger partial charge in [-0.1, -0.05) is 12.1 Å². The zero-order valence-corrected chi connectivity index (χ0v) is 7.75. The van der Waals surface area contributed by atoms with Crippen molar-refractivity contribution in [2.24, 2.45) is 0 Å². The first-order chi connectivity index (χ1) is 7.42. The average Bonchev–Trinajstić information content (AvgIpc) is 2.86. The summed E-state index contributed by atoms with van der Waals surface area (Å²) in [7, 11) is 0. The van der Waals surface area contributed by atoms with E-state index >= 15 is 0 Å². The standard InChI is InChI=1S/C9H7N6/c1-2-4-7-6(3-1)10-8(11-7)5-9-12-14-15-13-9/h1-4H,5H2,(H-,10,11,12,13,14,15)/q-1. The Morgan fingerprint density at radius 2 is 2.20 bits per heavy atom. The van der Waals surface area contributed by atoms with Crippen molar-refractivity contribution >= 4 is 11.0 Å². The lowest BCUT2D eigenvalue weighted by atomic mass is 10.3. The summed E-state index contributed by atoms with van der Waals surface area (Å²) >= 11 is 0. The number of aromatic nitrogens is 6. The zero-order valence-electron chi connectivity index (χ0n) is 7.75. The van der Waals surface area contributed by atoms with E-state index in [4.69, 9.17) is 0 Å². The van der Waals surface area contributed by atoms with Crippen LogP contribution in [0.1, 0.15) is 11.6 Å². The van der Waals surface area contributed by atoms with Crippen LogP contribution in [0.3, 0.4) is 0 Å². The Morgan fingerprint density at radius 3 is 3.00 bits per heavy atom. The Bertz CT molecular complexity index is 534. The molecule has 0 fully saturated rings. The normalized spacial score (nSPS) is 10.9. The zero-order chi connectivity index (χ0) is 10.1. The van der Waals surface area contributed by atoms with E-state index in [1.807, 2.05) is 24.3 Å². The number of fused-ring (bicyclic) bond motifs is 1. The monoisotopic (exact) mass is 199 g/mol. The van der Waals surface area contributed by atoms with Crippen LogP contribution in [-0.2, 0) is 6.42 Å². The molecule has 2 aromatic heterocycles. The van der Waals surface area contributed by atoms with Crippen LogP contribution in [0, 0.1) is 0 Å². The summed E-state index contributed by atoms with van der Waals surface area (Å²) in [5, 5.41) is 14.3. The lowest BCUT2D eigenvalue weighted by molar-refractivity contribution is 0.870. The Kier molecular flexibility index (Phi) is 1.71. The maximum atomic E-state index is 4.40. The molecule has 6 heteroatoms. The van der Waals surface area contributed by atoms with E-state index in [-0.39, 0.29) is 0 Å². The Morgan fingerprint density at radius 1 is 1.27 bits per heavy atom. The summed E-state index contributed by atoms with van der Waals surface area (Å²) in [5.74, 6) is 1.40. The molecule has 1 aromatic carbocycles. The second-order valence-corrected chi connectivity index (χ2v) is 3.17. The van der Waals surface area contributed by atoms with Crippen LogP contribution < -0.4 is 5.10 Å². The molecule has 3 aromatic rings. The fourth-order valence-corrected chi connectivity index (χ4v) is 1.47. The molecule has 1 N–H and O–H groups in total. The first-order valence-corrected chi connectivity index (χ1v) is 4.53. The van der Waals surface area contributed by atoms with Crippen LogP contribution >= 0.6 is 0 Å². The fourth-order valence-electron chi connectivity index (χ4n) is 1.47. The van der Waals surface area contributed by atoms with Crippen molar-refractivity contribution in [3.8, 4) is 0 Å². The molecule has 0 unspecified atom stereocenters. The van der Waals surface area contributed by atoms with Gasteiger partial charge in [-0.25, -0.2) is 4.98 Å². The van der Waals surface area contributed by atoms with Crippen molar-refractivity contribution in [1.29, 1.82) is 0 Å². The van der Waals surface area contributed by atoms with E-state index in [0.717, 1.165) is 16.9 Å². The van der Waals surface area contributed by atoms with Crippen LogP contribution in [0.15, 0.2) is 24.3 Å². The number of nitrogens with zero attached hydrogens (tertiary/aromatic N) is 5. The summed E-state index contributed by atoms with van der Waals surface area (Å²) in [4.78, 5) is 7.58. The molecule has 0 atom stereocenters. The number of benzene rings is 1. The Labute approximate surface area is 84.7 Å². The van der Waals surface area contributed by atoms with Gasteiger partial charge in [-0.15, -0.1) is 0 Å². The Hall–Kier alpha value is -2.24. The number of para-hydroxylation sites is 2. The van der Waals surface area contributed by atoms with Gasteiger partial charge in [0, 0.05) is 12.2 Å². The van der Waals surface area contributed by atoms with Crippen molar-refractivity contribution in [3.05, 3.63) is 35.9 Å². The molecule has 2 heterocycles. The fraction of sp³-hybridized carbons (Fsp3) is 0.111. The van der Waals surface area contributed by atoms with Gasteiger partial charge in [0.25, 0.3) is 0 Å². The summed E-state index contributed by atoms with van der Waals surface area (Å²) in [6.07, 6.45) is 0.529. The minimum Gasteiger partial charge on any atom is -0.342 e. The van der Waals surface area contributed by atoms with E-state index in [1.165, 1.54) is 0 Å². The van der Waals surface area contributed by atoms with Gasteiger partial charge in [-0.3, -0.25) is 10.3 Å². The number of hydrogen-bond donors (Lipinski definition) is 1. The number of hydrogen-bond acceptors (Lipinski definition) is 4. The molecule has 0 spiro atoms. The van der Waals surface area contributed by atoms with Crippen LogP contribution in [0.5, 0.6) is 0 Å². The highest BCUT2D eigenvalue weighted by Gasteiger charge is 2.01. The molecule has 3 rings (SSSR count). The largest absolute Gasteiger partial charge is 0.342 e.